The largest absolute Gasteiger partial charge is 0.318 e. The fourth-order valence-corrected chi connectivity index (χ4v) is 1.99. The van der Waals surface area contributed by atoms with Crippen LogP contribution in [0.4, 0.5) is 14.5 Å². The third kappa shape index (κ3) is 4.05. The molecule has 1 amide bonds. The number of carbonyl (C=O) groups is 1. The second-order valence-electron chi connectivity index (χ2n) is 4.24. The number of aromatic nitrogens is 3. The normalized spacial score (nSPS) is 11.4. The summed E-state index contributed by atoms with van der Waals surface area (Å²) >= 11 is 0. The number of halogens is 2. The third-order valence-electron chi connectivity index (χ3n) is 2.30. The lowest BCUT2D eigenvalue weighted by Gasteiger charge is -2.04. The van der Waals surface area contributed by atoms with Gasteiger partial charge in [-0.3, -0.25) is 4.79 Å². The first kappa shape index (κ1) is 15.0. The van der Waals surface area contributed by atoms with Crippen LogP contribution in [0.15, 0.2) is 24.4 Å². The monoisotopic (exact) mass is 316 g/mol. The van der Waals surface area contributed by atoms with Crippen molar-refractivity contribution in [3.8, 4) is 0 Å². The fourth-order valence-electron chi connectivity index (χ4n) is 1.45. The highest BCUT2D eigenvalue weighted by Crippen LogP contribution is 2.15. The van der Waals surface area contributed by atoms with Crippen LogP contribution in [0.5, 0.6) is 0 Å². The molecule has 0 aliphatic heterocycles. The lowest BCUT2D eigenvalue weighted by Crippen LogP contribution is -2.16. The van der Waals surface area contributed by atoms with E-state index in [4.69, 9.17) is 0 Å². The molecule has 0 spiro atoms. The first-order valence-electron chi connectivity index (χ1n) is 5.59. The fraction of sp³-hybridized carbons (Fsp3) is 0.182. The molecule has 21 heavy (non-hydrogen) atoms. The SMILES string of the molecule is CS(=O)(=O)Cn1ncc(C(=O)Nc2ccc(F)cc2F)n1. The zero-order chi connectivity index (χ0) is 15.6. The van der Waals surface area contributed by atoms with Gasteiger partial charge in [0.2, 0.25) is 0 Å². The van der Waals surface area contributed by atoms with Gasteiger partial charge in [0.25, 0.3) is 5.91 Å². The number of anilines is 1. The molecule has 7 nitrogen and oxygen atoms in total. The van der Waals surface area contributed by atoms with Crippen molar-refractivity contribution in [2.24, 2.45) is 0 Å². The second-order valence-corrected chi connectivity index (χ2v) is 6.34. The molecule has 0 bridgehead atoms. The summed E-state index contributed by atoms with van der Waals surface area (Å²) in [6, 6.07) is 2.67. The standard InChI is InChI=1S/C11H10F2N4O3S/c1-21(19,20)6-17-14-5-10(16-17)11(18)15-9-3-2-7(12)4-8(9)13/h2-5H,6H2,1H3,(H,15,18). The Labute approximate surface area is 118 Å². The molecule has 0 saturated carbocycles. The molecular formula is C11H10F2N4O3S. The zero-order valence-corrected chi connectivity index (χ0v) is 11.6. The molecule has 1 heterocycles. The highest BCUT2D eigenvalue weighted by Gasteiger charge is 2.15. The van der Waals surface area contributed by atoms with Crippen LogP contribution in [0, 0.1) is 11.6 Å². The van der Waals surface area contributed by atoms with Gasteiger partial charge in [-0.05, 0) is 12.1 Å². The molecule has 0 aliphatic carbocycles. The van der Waals surface area contributed by atoms with Crippen LogP contribution < -0.4 is 5.32 Å². The number of hydrogen-bond donors (Lipinski definition) is 1. The van der Waals surface area contributed by atoms with E-state index >= 15 is 0 Å². The van der Waals surface area contributed by atoms with E-state index < -0.39 is 33.3 Å². The van der Waals surface area contributed by atoms with Gasteiger partial charge in [-0.2, -0.15) is 9.90 Å². The smallest absolute Gasteiger partial charge is 0.277 e. The van der Waals surface area contributed by atoms with Crippen LogP contribution >= 0.6 is 0 Å². The van der Waals surface area contributed by atoms with Gasteiger partial charge in [-0.15, -0.1) is 5.10 Å². The van der Waals surface area contributed by atoms with Crippen LogP contribution in [0.3, 0.4) is 0 Å². The van der Waals surface area contributed by atoms with E-state index in [1.807, 2.05) is 0 Å². The number of hydrogen-bond acceptors (Lipinski definition) is 5. The van der Waals surface area contributed by atoms with E-state index in [0.29, 0.717) is 6.07 Å². The lowest BCUT2D eigenvalue weighted by atomic mass is 10.3. The Bertz CT molecular complexity index is 789. The molecular weight excluding hydrogens is 306 g/mol. The highest BCUT2D eigenvalue weighted by molar-refractivity contribution is 7.89. The summed E-state index contributed by atoms with van der Waals surface area (Å²) < 4.78 is 48.2. The van der Waals surface area contributed by atoms with Gasteiger partial charge in [0.15, 0.2) is 21.4 Å². The van der Waals surface area contributed by atoms with E-state index in [9.17, 15) is 22.0 Å². The first-order chi connectivity index (χ1) is 9.74. The summed E-state index contributed by atoms with van der Waals surface area (Å²) in [6.45, 7) is 0. The molecule has 2 rings (SSSR count). The summed E-state index contributed by atoms with van der Waals surface area (Å²) in [5.41, 5.74) is -0.415. The molecule has 10 heteroatoms. The number of carbonyl (C=O) groups excluding carboxylic acids is 1. The van der Waals surface area contributed by atoms with Crippen molar-refractivity contribution in [2.75, 3.05) is 11.6 Å². The Morgan fingerprint density at radius 3 is 2.71 bits per heavy atom. The molecule has 112 valence electrons. The average molecular weight is 316 g/mol. The van der Waals surface area contributed by atoms with E-state index in [1.165, 1.54) is 0 Å². The van der Waals surface area contributed by atoms with Crippen molar-refractivity contribution in [1.82, 2.24) is 15.0 Å². The summed E-state index contributed by atoms with van der Waals surface area (Å²) in [5, 5.41) is 9.45. The molecule has 0 fully saturated rings. The van der Waals surface area contributed by atoms with Gasteiger partial charge in [-0.1, -0.05) is 0 Å². The topological polar surface area (TPSA) is 94.0 Å². The van der Waals surface area contributed by atoms with Gasteiger partial charge in [0.1, 0.15) is 11.6 Å². The minimum absolute atomic E-state index is 0.192. The van der Waals surface area contributed by atoms with Gasteiger partial charge in [-0.25, -0.2) is 17.2 Å². The molecule has 0 aliphatic rings. The van der Waals surface area contributed by atoms with Crippen LogP contribution in [-0.4, -0.2) is 35.6 Å². The second kappa shape index (κ2) is 5.56. The molecule has 1 N–H and O–H groups in total. The quantitative estimate of drug-likeness (QED) is 0.901. The predicted molar refractivity (Wildman–Crippen MR) is 69.2 cm³/mol. The first-order valence-corrected chi connectivity index (χ1v) is 7.65. The van der Waals surface area contributed by atoms with Crippen LogP contribution in [-0.2, 0) is 15.7 Å². The van der Waals surface area contributed by atoms with E-state index in [-0.39, 0.29) is 11.4 Å². The molecule has 0 atom stereocenters. The molecule has 1 aromatic carbocycles. The molecule has 0 unspecified atom stereocenters. The maximum atomic E-state index is 13.4. The number of benzene rings is 1. The molecule has 0 radical (unpaired) electrons. The Hall–Kier alpha value is -2.36. The Morgan fingerprint density at radius 2 is 2.10 bits per heavy atom. The van der Waals surface area contributed by atoms with Crippen molar-refractivity contribution < 1.29 is 22.0 Å². The van der Waals surface area contributed by atoms with Gasteiger partial charge in [0, 0.05) is 12.3 Å². The third-order valence-corrected chi connectivity index (χ3v) is 3.00. The molecule has 2 aromatic rings. The zero-order valence-electron chi connectivity index (χ0n) is 10.7. The van der Waals surface area contributed by atoms with Crippen LogP contribution in [0.1, 0.15) is 10.5 Å². The van der Waals surface area contributed by atoms with E-state index in [2.05, 4.69) is 15.5 Å². The Kier molecular flexibility index (Phi) is 3.98. The summed E-state index contributed by atoms with van der Waals surface area (Å²) in [5.74, 6) is -2.98. The van der Waals surface area contributed by atoms with Gasteiger partial charge >= 0.3 is 0 Å². The van der Waals surface area contributed by atoms with Crippen molar-refractivity contribution in [3.63, 3.8) is 0 Å². The summed E-state index contributed by atoms with van der Waals surface area (Å²) in [4.78, 5) is 12.6. The highest BCUT2D eigenvalue weighted by atomic mass is 32.2. The summed E-state index contributed by atoms with van der Waals surface area (Å²) in [7, 11) is -3.36. The van der Waals surface area contributed by atoms with Crippen molar-refractivity contribution in [2.45, 2.75) is 5.88 Å². The maximum absolute atomic E-state index is 13.4. The van der Waals surface area contributed by atoms with Crippen LogP contribution in [0.2, 0.25) is 0 Å². The van der Waals surface area contributed by atoms with Gasteiger partial charge < -0.3 is 5.32 Å². The van der Waals surface area contributed by atoms with E-state index in [1.54, 1.807) is 0 Å². The predicted octanol–water partition coefficient (Wildman–Crippen LogP) is 0.811. The number of nitrogens with one attached hydrogen (secondary N) is 1. The average Bonchev–Trinajstić information content (AvgIpc) is 2.78. The Balaban J connectivity index is 2.14. The minimum atomic E-state index is -3.36. The number of amides is 1. The molecule has 0 saturated heterocycles. The van der Waals surface area contributed by atoms with Crippen molar-refractivity contribution in [1.29, 1.82) is 0 Å². The summed E-state index contributed by atoms with van der Waals surface area (Å²) in [6.07, 6.45) is 2.03. The minimum Gasteiger partial charge on any atom is -0.318 e. The Morgan fingerprint density at radius 1 is 1.38 bits per heavy atom. The number of rotatable bonds is 4. The van der Waals surface area contributed by atoms with Crippen molar-refractivity contribution in [3.05, 3.63) is 41.7 Å². The van der Waals surface area contributed by atoms with Gasteiger partial charge in [0.05, 0.1) is 11.9 Å². The maximum Gasteiger partial charge on any atom is 0.277 e. The van der Waals surface area contributed by atoms with E-state index in [0.717, 1.165) is 29.4 Å². The number of nitrogens with zero attached hydrogens (tertiary/aromatic N) is 3. The lowest BCUT2D eigenvalue weighted by molar-refractivity contribution is 0.102. The number of sulfone groups is 1. The molecule has 1 aromatic heterocycles. The van der Waals surface area contributed by atoms with Crippen LogP contribution in [0.25, 0.3) is 0 Å². The van der Waals surface area contributed by atoms with Crippen molar-refractivity contribution >= 4 is 21.4 Å².